The molecule has 0 saturated heterocycles. The number of amides is 3. The van der Waals surface area contributed by atoms with Crippen molar-refractivity contribution in [2.45, 2.75) is 59.0 Å². The SMILES string of the molecule is CC1C(N(Cc2ccc(C(=O)NCCC(=O)O)cc2)C(=O)Nc2ccc(OC(F)(F)F)cc2)CC2[CH]CC1C2(C)C. The van der Waals surface area contributed by atoms with Crippen molar-refractivity contribution >= 4 is 23.6 Å². The highest BCUT2D eigenvalue weighted by molar-refractivity contribution is 5.94. The molecule has 2 aliphatic rings. The van der Waals surface area contributed by atoms with Crippen molar-refractivity contribution in [3.8, 4) is 5.75 Å². The molecule has 11 heteroatoms. The Labute approximate surface area is 237 Å². The van der Waals surface area contributed by atoms with Crippen LogP contribution in [0.2, 0.25) is 0 Å². The van der Waals surface area contributed by atoms with Crippen LogP contribution in [0.25, 0.3) is 0 Å². The Bertz CT molecular complexity index is 1250. The number of carbonyl (C=O) groups is 3. The first-order valence-electron chi connectivity index (χ1n) is 13.6. The van der Waals surface area contributed by atoms with Gasteiger partial charge in [0.2, 0.25) is 0 Å². The highest BCUT2D eigenvalue weighted by atomic mass is 19.4. The van der Waals surface area contributed by atoms with Gasteiger partial charge >= 0.3 is 18.4 Å². The van der Waals surface area contributed by atoms with Crippen LogP contribution in [-0.4, -0.2) is 46.9 Å². The molecule has 2 aromatic carbocycles. The van der Waals surface area contributed by atoms with Crippen molar-refractivity contribution in [1.29, 1.82) is 0 Å². The molecule has 4 unspecified atom stereocenters. The van der Waals surface area contributed by atoms with Crippen LogP contribution in [0.3, 0.4) is 0 Å². The Morgan fingerprint density at radius 3 is 2.34 bits per heavy atom. The molecule has 1 radical (unpaired) electrons. The van der Waals surface area contributed by atoms with E-state index in [0.29, 0.717) is 23.1 Å². The molecule has 41 heavy (non-hydrogen) atoms. The fourth-order valence-electron chi connectivity index (χ4n) is 6.26. The van der Waals surface area contributed by atoms with Gasteiger partial charge in [0, 0.05) is 30.4 Å². The number of nitrogens with one attached hydrogen (secondary N) is 2. The minimum Gasteiger partial charge on any atom is -0.481 e. The summed E-state index contributed by atoms with van der Waals surface area (Å²) in [6.07, 6.45) is -0.856. The molecule has 2 aromatic rings. The molecule has 4 rings (SSSR count). The maximum atomic E-state index is 13.7. The highest BCUT2D eigenvalue weighted by Gasteiger charge is 2.53. The minimum absolute atomic E-state index is 0.0163. The van der Waals surface area contributed by atoms with Crippen molar-refractivity contribution in [2.24, 2.45) is 23.2 Å². The summed E-state index contributed by atoms with van der Waals surface area (Å²) < 4.78 is 41.5. The Balaban J connectivity index is 1.52. The molecular weight excluding hydrogens is 539 g/mol. The largest absolute Gasteiger partial charge is 0.573 e. The molecule has 0 aromatic heterocycles. The molecular formula is C30H35F3N3O5. The number of halogens is 3. The van der Waals surface area contributed by atoms with E-state index in [1.54, 1.807) is 29.2 Å². The van der Waals surface area contributed by atoms with E-state index in [1.807, 2.05) is 0 Å². The summed E-state index contributed by atoms with van der Waals surface area (Å²) in [4.78, 5) is 38.5. The average molecular weight is 575 g/mol. The summed E-state index contributed by atoms with van der Waals surface area (Å²) in [5.41, 5.74) is 1.63. The van der Waals surface area contributed by atoms with Crippen molar-refractivity contribution in [3.05, 3.63) is 66.1 Å². The van der Waals surface area contributed by atoms with Crippen LogP contribution in [0.4, 0.5) is 23.7 Å². The van der Waals surface area contributed by atoms with Gasteiger partial charge in [-0.2, -0.15) is 0 Å². The molecule has 2 fully saturated rings. The van der Waals surface area contributed by atoms with Gasteiger partial charge in [0.15, 0.2) is 0 Å². The lowest BCUT2D eigenvalue weighted by Crippen LogP contribution is -2.53. The lowest BCUT2D eigenvalue weighted by molar-refractivity contribution is -0.274. The zero-order chi connectivity index (χ0) is 29.9. The van der Waals surface area contributed by atoms with Gasteiger partial charge < -0.3 is 25.4 Å². The van der Waals surface area contributed by atoms with Gasteiger partial charge in [0.05, 0.1) is 6.42 Å². The number of nitrogens with zero attached hydrogens (tertiary/aromatic N) is 1. The number of ether oxygens (including phenoxy) is 1. The first-order valence-corrected chi connectivity index (χ1v) is 13.6. The van der Waals surface area contributed by atoms with Crippen molar-refractivity contribution in [3.63, 3.8) is 0 Å². The number of fused-ring (bicyclic) bond motifs is 2. The number of hydrogen-bond donors (Lipinski definition) is 3. The average Bonchev–Trinajstić information content (AvgIpc) is 3.06. The number of urea groups is 1. The molecule has 8 nitrogen and oxygen atoms in total. The van der Waals surface area contributed by atoms with Crippen molar-refractivity contribution in [2.75, 3.05) is 11.9 Å². The number of carbonyl (C=O) groups excluding carboxylic acids is 2. The van der Waals surface area contributed by atoms with E-state index in [-0.39, 0.29) is 54.6 Å². The molecule has 0 aliphatic heterocycles. The van der Waals surface area contributed by atoms with Gasteiger partial charge in [0.25, 0.3) is 5.91 Å². The van der Waals surface area contributed by atoms with Gasteiger partial charge in [-0.15, -0.1) is 13.2 Å². The lowest BCUT2D eigenvalue weighted by atomic mass is 9.61. The van der Waals surface area contributed by atoms with Crippen LogP contribution in [0.5, 0.6) is 5.75 Å². The molecule has 2 aliphatic carbocycles. The number of rotatable bonds is 9. The fourth-order valence-corrected chi connectivity index (χ4v) is 6.26. The number of aliphatic carboxylic acids is 1. The van der Waals surface area contributed by atoms with Crippen LogP contribution >= 0.6 is 0 Å². The molecule has 2 saturated carbocycles. The normalized spacial score (nSPS) is 23.0. The summed E-state index contributed by atoms with van der Waals surface area (Å²) >= 11 is 0. The predicted octanol–water partition coefficient (Wildman–Crippen LogP) is 6.10. The van der Waals surface area contributed by atoms with E-state index in [1.165, 1.54) is 12.1 Å². The number of alkyl halides is 3. The second-order valence-electron chi connectivity index (χ2n) is 11.4. The molecule has 0 spiro atoms. The number of hydrogen-bond acceptors (Lipinski definition) is 4. The Hall–Kier alpha value is -3.76. The zero-order valence-electron chi connectivity index (χ0n) is 23.2. The monoisotopic (exact) mass is 574 g/mol. The van der Waals surface area contributed by atoms with Gasteiger partial charge in [0.1, 0.15) is 5.75 Å². The van der Waals surface area contributed by atoms with Crippen molar-refractivity contribution in [1.82, 2.24) is 10.2 Å². The van der Waals surface area contributed by atoms with E-state index >= 15 is 0 Å². The highest BCUT2D eigenvalue weighted by Crippen LogP contribution is 2.57. The summed E-state index contributed by atoms with van der Waals surface area (Å²) in [5, 5.41) is 14.2. The maximum Gasteiger partial charge on any atom is 0.573 e. The zero-order valence-corrected chi connectivity index (χ0v) is 23.2. The van der Waals surface area contributed by atoms with Crippen molar-refractivity contribution < 1.29 is 37.4 Å². The second kappa shape index (κ2) is 12.0. The molecule has 3 amide bonds. The summed E-state index contributed by atoms with van der Waals surface area (Å²) in [7, 11) is 0. The minimum atomic E-state index is -4.81. The fraction of sp³-hybridized carbons (Fsp3) is 0.467. The summed E-state index contributed by atoms with van der Waals surface area (Å²) in [6.45, 7) is 6.99. The Morgan fingerprint density at radius 2 is 1.73 bits per heavy atom. The molecule has 221 valence electrons. The van der Waals surface area contributed by atoms with E-state index in [2.05, 4.69) is 42.6 Å². The standard InChI is InChI=1S/C30H35F3N3O5/c1-18-24-13-8-21(29(24,2)3)16-25(18)36(28(40)35-22-9-11-23(12-10-22)41-30(31,32)33)17-19-4-6-20(7-5-19)27(39)34-15-14-26(37)38/h4-12,18,21,24-25H,13-17H2,1-3H3,(H,34,39)(H,35,40)(H,37,38). The topological polar surface area (TPSA) is 108 Å². The third kappa shape index (κ3) is 7.31. The van der Waals surface area contributed by atoms with Gasteiger partial charge in [-0.3, -0.25) is 9.59 Å². The van der Waals surface area contributed by atoms with E-state index in [0.717, 1.165) is 30.5 Å². The van der Waals surface area contributed by atoms with Gasteiger partial charge in [-0.25, -0.2) is 4.79 Å². The van der Waals surface area contributed by atoms with Crippen LogP contribution in [-0.2, 0) is 11.3 Å². The van der Waals surface area contributed by atoms with Gasteiger partial charge in [-0.1, -0.05) is 32.9 Å². The summed E-state index contributed by atoms with van der Waals surface area (Å²) in [5.74, 6) is -0.823. The van der Waals surface area contributed by atoms with Crippen LogP contribution in [0.1, 0.15) is 56.0 Å². The number of benzene rings is 2. The molecule has 2 bridgehead atoms. The van der Waals surface area contributed by atoms with Crippen LogP contribution in [0, 0.1) is 29.6 Å². The first-order chi connectivity index (χ1) is 19.2. The smallest absolute Gasteiger partial charge is 0.481 e. The second-order valence-corrected chi connectivity index (χ2v) is 11.4. The lowest BCUT2D eigenvalue weighted by Gasteiger charge is -2.49. The van der Waals surface area contributed by atoms with E-state index in [9.17, 15) is 27.6 Å². The molecule has 4 atom stereocenters. The Kier molecular flexibility index (Phi) is 8.84. The predicted molar refractivity (Wildman–Crippen MR) is 146 cm³/mol. The van der Waals surface area contributed by atoms with E-state index in [4.69, 9.17) is 5.11 Å². The first kappa shape index (κ1) is 30.2. The Morgan fingerprint density at radius 1 is 1.07 bits per heavy atom. The van der Waals surface area contributed by atoms with Crippen LogP contribution < -0.4 is 15.4 Å². The third-order valence-corrected chi connectivity index (χ3v) is 8.52. The maximum absolute atomic E-state index is 13.7. The van der Waals surface area contributed by atoms with E-state index < -0.39 is 12.3 Å². The quantitative estimate of drug-likeness (QED) is 0.336. The van der Waals surface area contributed by atoms with Crippen LogP contribution in [0.15, 0.2) is 48.5 Å². The number of anilines is 1. The molecule has 3 N–H and O–H groups in total. The van der Waals surface area contributed by atoms with Gasteiger partial charge in [-0.05, 0) is 84.4 Å². The molecule has 0 heterocycles. The summed E-state index contributed by atoms with van der Waals surface area (Å²) in [6, 6.07) is 11.3. The third-order valence-electron chi connectivity index (χ3n) is 8.52. The number of carboxylic acid groups (broad SMARTS) is 1. The number of carboxylic acids is 1.